The van der Waals surface area contributed by atoms with E-state index in [-0.39, 0.29) is 0 Å². The average molecular weight is 203 g/mol. The second kappa shape index (κ2) is 8.21. The molecule has 0 unspecified atom stereocenters. The summed E-state index contributed by atoms with van der Waals surface area (Å²) >= 11 is 0. The standard InChI is InChI=1S/C11H25NO2/c1-10(2)12(5)6-7-13-8-9-14-11(3)4/h10-11H,6-9H2,1-5H3. The Morgan fingerprint density at radius 2 is 1.64 bits per heavy atom. The monoisotopic (exact) mass is 203 g/mol. The summed E-state index contributed by atoms with van der Waals surface area (Å²) in [5.41, 5.74) is 0. The van der Waals surface area contributed by atoms with Gasteiger partial charge >= 0.3 is 0 Å². The molecule has 3 heteroatoms. The van der Waals surface area contributed by atoms with Crippen LogP contribution in [0.5, 0.6) is 0 Å². The first-order valence-corrected chi connectivity index (χ1v) is 5.43. The summed E-state index contributed by atoms with van der Waals surface area (Å²) in [6.07, 6.45) is 0.303. The lowest BCUT2D eigenvalue weighted by Crippen LogP contribution is -2.30. The second-order valence-corrected chi connectivity index (χ2v) is 4.11. The minimum atomic E-state index is 0.303. The van der Waals surface area contributed by atoms with E-state index in [2.05, 4.69) is 25.8 Å². The van der Waals surface area contributed by atoms with Gasteiger partial charge in [-0.3, -0.25) is 0 Å². The fourth-order valence-electron chi connectivity index (χ4n) is 0.912. The van der Waals surface area contributed by atoms with Crippen molar-refractivity contribution < 1.29 is 9.47 Å². The first-order valence-electron chi connectivity index (χ1n) is 5.43. The van der Waals surface area contributed by atoms with E-state index in [0.29, 0.717) is 25.4 Å². The molecule has 0 aliphatic heterocycles. The molecule has 86 valence electrons. The summed E-state index contributed by atoms with van der Waals surface area (Å²) in [7, 11) is 2.11. The van der Waals surface area contributed by atoms with Gasteiger partial charge in [-0.1, -0.05) is 0 Å². The number of hydrogen-bond acceptors (Lipinski definition) is 3. The molecule has 14 heavy (non-hydrogen) atoms. The molecule has 0 saturated carbocycles. The van der Waals surface area contributed by atoms with Crippen LogP contribution in [0.25, 0.3) is 0 Å². The van der Waals surface area contributed by atoms with Crippen molar-refractivity contribution in [3.8, 4) is 0 Å². The Balaban J connectivity index is 3.13. The Morgan fingerprint density at radius 3 is 2.14 bits per heavy atom. The van der Waals surface area contributed by atoms with E-state index >= 15 is 0 Å². The molecule has 0 aliphatic carbocycles. The van der Waals surface area contributed by atoms with Gasteiger partial charge in [0.15, 0.2) is 0 Å². The number of hydrogen-bond donors (Lipinski definition) is 0. The molecule has 0 spiro atoms. The summed E-state index contributed by atoms with van der Waals surface area (Å²) in [4.78, 5) is 2.27. The van der Waals surface area contributed by atoms with E-state index in [4.69, 9.17) is 9.47 Å². The van der Waals surface area contributed by atoms with Crippen molar-refractivity contribution in [2.45, 2.75) is 39.8 Å². The predicted octanol–water partition coefficient (Wildman–Crippen LogP) is 1.77. The Kier molecular flexibility index (Phi) is 8.14. The minimum Gasteiger partial charge on any atom is -0.378 e. The Hall–Kier alpha value is -0.120. The summed E-state index contributed by atoms with van der Waals surface area (Å²) in [6, 6.07) is 0.588. The van der Waals surface area contributed by atoms with Crippen LogP contribution in [0.1, 0.15) is 27.7 Å². The molecule has 0 aliphatic rings. The van der Waals surface area contributed by atoms with Gasteiger partial charge in [0, 0.05) is 12.6 Å². The van der Waals surface area contributed by atoms with Gasteiger partial charge < -0.3 is 14.4 Å². The largest absolute Gasteiger partial charge is 0.378 e. The van der Waals surface area contributed by atoms with Crippen molar-refractivity contribution in [1.29, 1.82) is 0 Å². The molecule has 0 bridgehead atoms. The normalized spacial score (nSPS) is 12.0. The van der Waals surface area contributed by atoms with Gasteiger partial charge in [0.2, 0.25) is 0 Å². The van der Waals surface area contributed by atoms with E-state index in [1.54, 1.807) is 0 Å². The van der Waals surface area contributed by atoms with E-state index < -0.39 is 0 Å². The molecule has 0 fully saturated rings. The van der Waals surface area contributed by atoms with E-state index in [0.717, 1.165) is 13.2 Å². The number of rotatable bonds is 8. The summed E-state index contributed by atoms with van der Waals surface area (Å²) < 4.78 is 10.8. The minimum absolute atomic E-state index is 0.303. The van der Waals surface area contributed by atoms with Crippen LogP contribution >= 0.6 is 0 Å². The third kappa shape index (κ3) is 8.48. The molecule has 0 rings (SSSR count). The van der Waals surface area contributed by atoms with Gasteiger partial charge in [-0.05, 0) is 34.7 Å². The first kappa shape index (κ1) is 13.9. The summed E-state index contributed by atoms with van der Waals surface area (Å²) in [5.74, 6) is 0. The zero-order valence-electron chi connectivity index (χ0n) is 10.2. The lowest BCUT2D eigenvalue weighted by atomic mass is 10.3. The molecule has 0 amide bonds. The topological polar surface area (TPSA) is 21.7 Å². The molecule has 3 nitrogen and oxygen atoms in total. The third-order valence-electron chi connectivity index (χ3n) is 2.15. The maximum atomic E-state index is 5.44. The van der Waals surface area contributed by atoms with Crippen molar-refractivity contribution in [3.63, 3.8) is 0 Å². The Labute approximate surface area is 88.4 Å². The molecule has 0 aromatic heterocycles. The molecule has 0 heterocycles. The smallest absolute Gasteiger partial charge is 0.0703 e. The van der Waals surface area contributed by atoms with Gasteiger partial charge in [0.25, 0.3) is 0 Å². The van der Waals surface area contributed by atoms with E-state index in [1.807, 2.05) is 13.8 Å². The number of likely N-dealkylation sites (N-methyl/N-ethyl adjacent to an activating group) is 1. The lowest BCUT2D eigenvalue weighted by Gasteiger charge is -2.20. The van der Waals surface area contributed by atoms with Crippen LogP contribution in [0.4, 0.5) is 0 Å². The van der Waals surface area contributed by atoms with Crippen molar-refractivity contribution in [2.75, 3.05) is 33.4 Å². The molecular formula is C11H25NO2. The van der Waals surface area contributed by atoms with Crippen LogP contribution in [0.15, 0.2) is 0 Å². The lowest BCUT2D eigenvalue weighted by molar-refractivity contribution is 0.0140. The van der Waals surface area contributed by atoms with E-state index in [9.17, 15) is 0 Å². The highest BCUT2D eigenvalue weighted by Crippen LogP contribution is 1.93. The molecule has 0 N–H and O–H groups in total. The van der Waals surface area contributed by atoms with Crippen LogP contribution in [0.2, 0.25) is 0 Å². The van der Waals surface area contributed by atoms with Crippen LogP contribution in [-0.2, 0) is 9.47 Å². The second-order valence-electron chi connectivity index (χ2n) is 4.11. The van der Waals surface area contributed by atoms with Gasteiger partial charge in [-0.15, -0.1) is 0 Å². The van der Waals surface area contributed by atoms with E-state index in [1.165, 1.54) is 0 Å². The highest BCUT2D eigenvalue weighted by molar-refractivity contribution is 4.55. The van der Waals surface area contributed by atoms with Gasteiger partial charge in [0.1, 0.15) is 0 Å². The van der Waals surface area contributed by atoms with Gasteiger partial charge in [-0.25, -0.2) is 0 Å². The number of nitrogens with zero attached hydrogens (tertiary/aromatic N) is 1. The van der Waals surface area contributed by atoms with Crippen LogP contribution in [-0.4, -0.2) is 50.5 Å². The molecule has 0 aromatic carbocycles. The van der Waals surface area contributed by atoms with Crippen LogP contribution < -0.4 is 0 Å². The number of ether oxygens (including phenoxy) is 2. The average Bonchev–Trinajstić information content (AvgIpc) is 2.09. The zero-order chi connectivity index (χ0) is 11.0. The maximum Gasteiger partial charge on any atom is 0.0703 e. The van der Waals surface area contributed by atoms with Crippen molar-refractivity contribution in [3.05, 3.63) is 0 Å². The Morgan fingerprint density at radius 1 is 1.00 bits per heavy atom. The molecular weight excluding hydrogens is 178 g/mol. The molecule has 0 aromatic rings. The highest BCUT2D eigenvalue weighted by Gasteiger charge is 2.01. The van der Waals surface area contributed by atoms with Gasteiger partial charge in [0.05, 0.1) is 25.9 Å². The fourth-order valence-corrected chi connectivity index (χ4v) is 0.912. The summed E-state index contributed by atoms with van der Waals surface area (Å²) in [6.45, 7) is 11.6. The highest BCUT2D eigenvalue weighted by atomic mass is 16.5. The molecule has 0 radical (unpaired) electrons. The maximum absolute atomic E-state index is 5.44. The van der Waals surface area contributed by atoms with Crippen LogP contribution in [0.3, 0.4) is 0 Å². The molecule has 0 atom stereocenters. The fraction of sp³-hybridized carbons (Fsp3) is 1.00. The molecule has 0 saturated heterocycles. The van der Waals surface area contributed by atoms with Crippen LogP contribution in [0, 0.1) is 0 Å². The van der Waals surface area contributed by atoms with Crippen molar-refractivity contribution in [1.82, 2.24) is 4.90 Å². The SMILES string of the molecule is CC(C)OCCOCCN(C)C(C)C. The predicted molar refractivity (Wildman–Crippen MR) is 59.7 cm³/mol. The first-order chi connectivity index (χ1) is 6.54. The zero-order valence-corrected chi connectivity index (χ0v) is 10.2. The quantitative estimate of drug-likeness (QED) is 0.561. The third-order valence-corrected chi connectivity index (χ3v) is 2.15. The van der Waals surface area contributed by atoms with Gasteiger partial charge in [-0.2, -0.15) is 0 Å². The Bertz CT molecular complexity index is 126. The van der Waals surface area contributed by atoms with Crippen molar-refractivity contribution in [2.24, 2.45) is 0 Å². The summed E-state index contributed by atoms with van der Waals surface area (Å²) in [5, 5.41) is 0. The van der Waals surface area contributed by atoms with Crippen molar-refractivity contribution >= 4 is 0 Å².